The van der Waals surface area contributed by atoms with Crippen molar-refractivity contribution in [3.05, 3.63) is 40.3 Å². The molecule has 9 nitrogen and oxygen atoms in total. The molecule has 6 rings (SSSR count). The summed E-state index contributed by atoms with van der Waals surface area (Å²) in [6.45, 7) is -0.473. The van der Waals surface area contributed by atoms with Crippen LogP contribution in [0.15, 0.2) is 34.2 Å². The molecular formula is C30H40N4O5. The number of nitrogens with zero attached hydrogens (tertiary/aromatic N) is 4. The first-order valence-corrected chi connectivity index (χ1v) is 14.9. The summed E-state index contributed by atoms with van der Waals surface area (Å²) in [6.07, 6.45) is 14.9. The minimum atomic E-state index is -1.38. The average molecular weight is 537 g/mol. The standard InChI is InChI=1S/C30H40N4O5/c35-12-13-39-32-28(30(37)38)27-29(36)34(26-11-4-3-10-25(26)31-27)24-17-21-8-5-9-22(18-24)33(21)23-15-19-6-1-2-7-20(14-19)16-23/h3-4,10-11,19-24,35H,1-2,5-9,12-18H2,(H,37,38)/t19-,20+,21-,22+,23?,24?. The van der Waals surface area contributed by atoms with E-state index in [0.717, 1.165) is 43.0 Å². The maximum absolute atomic E-state index is 14.0. The number of carboxylic acids is 1. The van der Waals surface area contributed by atoms with Gasteiger partial charge in [-0.3, -0.25) is 9.69 Å². The van der Waals surface area contributed by atoms with Crippen LogP contribution in [0.25, 0.3) is 11.0 Å². The number of aliphatic carboxylic acids is 1. The number of para-hydroxylation sites is 2. The lowest BCUT2D eigenvalue weighted by molar-refractivity contribution is -0.129. The van der Waals surface area contributed by atoms with Gasteiger partial charge in [-0.15, -0.1) is 0 Å². The number of fused-ring (bicyclic) bond motifs is 5. The van der Waals surface area contributed by atoms with E-state index < -0.39 is 17.2 Å². The van der Waals surface area contributed by atoms with Crippen LogP contribution in [-0.2, 0) is 9.63 Å². The minimum absolute atomic E-state index is 0.0324. The van der Waals surface area contributed by atoms with Crippen LogP contribution in [0.4, 0.5) is 0 Å². The monoisotopic (exact) mass is 536 g/mol. The third-order valence-corrected chi connectivity index (χ3v) is 9.71. The molecule has 0 amide bonds. The molecule has 0 spiro atoms. The van der Waals surface area contributed by atoms with E-state index in [4.69, 9.17) is 9.94 Å². The molecule has 39 heavy (non-hydrogen) atoms. The molecule has 0 radical (unpaired) electrons. The highest BCUT2D eigenvalue weighted by molar-refractivity contribution is 6.41. The van der Waals surface area contributed by atoms with Gasteiger partial charge < -0.3 is 19.6 Å². The summed E-state index contributed by atoms with van der Waals surface area (Å²) in [5.41, 5.74) is 0.0979. The minimum Gasteiger partial charge on any atom is -0.476 e. The summed E-state index contributed by atoms with van der Waals surface area (Å²) in [5.74, 6) is 0.349. The van der Waals surface area contributed by atoms with E-state index >= 15 is 0 Å². The fourth-order valence-corrected chi connectivity index (χ4v) is 8.31. The van der Waals surface area contributed by atoms with Gasteiger partial charge in [0.05, 0.1) is 17.6 Å². The lowest BCUT2D eigenvalue weighted by Crippen LogP contribution is -2.58. The van der Waals surface area contributed by atoms with Crippen molar-refractivity contribution < 1.29 is 19.8 Å². The Bertz CT molecular complexity index is 1260. The van der Waals surface area contributed by atoms with Crippen molar-refractivity contribution in [2.24, 2.45) is 17.0 Å². The molecule has 210 valence electrons. The molecule has 2 saturated carbocycles. The average Bonchev–Trinajstić information content (AvgIpc) is 3.09. The predicted octanol–water partition coefficient (Wildman–Crippen LogP) is 4.11. The number of benzene rings is 1. The molecule has 4 fully saturated rings. The number of aliphatic hydroxyl groups excluding tert-OH is 1. The highest BCUT2D eigenvalue weighted by Gasteiger charge is 2.45. The molecule has 2 saturated heterocycles. The Morgan fingerprint density at radius 1 is 0.923 bits per heavy atom. The smallest absolute Gasteiger partial charge is 0.360 e. The molecule has 3 heterocycles. The summed E-state index contributed by atoms with van der Waals surface area (Å²) in [6, 6.07) is 8.95. The Hall–Kier alpha value is -2.78. The van der Waals surface area contributed by atoms with Crippen molar-refractivity contribution in [2.75, 3.05) is 13.2 Å². The lowest BCUT2D eigenvalue weighted by atomic mass is 9.73. The molecule has 9 heteroatoms. The van der Waals surface area contributed by atoms with Crippen LogP contribution in [-0.4, -0.2) is 67.7 Å². The van der Waals surface area contributed by atoms with Crippen molar-refractivity contribution in [1.82, 2.24) is 14.5 Å². The van der Waals surface area contributed by atoms with Gasteiger partial charge in [0.2, 0.25) is 5.71 Å². The zero-order valence-corrected chi connectivity index (χ0v) is 22.6. The fraction of sp³-hybridized carbons (Fsp3) is 0.667. The molecular weight excluding hydrogens is 496 g/mol. The van der Waals surface area contributed by atoms with Crippen LogP contribution >= 0.6 is 0 Å². The Morgan fingerprint density at radius 3 is 2.28 bits per heavy atom. The summed E-state index contributed by atoms with van der Waals surface area (Å²) in [5, 5.41) is 22.6. The van der Waals surface area contributed by atoms with E-state index in [-0.39, 0.29) is 24.9 Å². The van der Waals surface area contributed by atoms with Gasteiger partial charge in [-0.1, -0.05) is 49.4 Å². The quantitative estimate of drug-likeness (QED) is 0.311. The number of rotatable bonds is 7. The topological polar surface area (TPSA) is 117 Å². The zero-order chi connectivity index (χ0) is 26.9. The van der Waals surface area contributed by atoms with Crippen molar-refractivity contribution in [3.63, 3.8) is 0 Å². The second-order valence-corrected chi connectivity index (χ2v) is 12.1. The number of piperidine rings is 2. The second kappa shape index (κ2) is 11.4. The Balaban J connectivity index is 1.35. The van der Waals surface area contributed by atoms with Crippen molar-refractivity contribution >= 4 is 22.7 Å². The highest BCUT2D eigenvalue weighted by Crippen LogP contribution is 2.47. The van der Waals surface area contributed by atoms with Crippen LogP contribution in [0.5, 0.6) is 0 Å². The van der Waals surface area contributed by atoms with Crippen LogP contribution in [0.2, 0.25) is 0 Å². The molecule has 2 aliphatic carbocycles. The third kappa shape index (κ3) is 5.23. The predicted molar refractivity (Wildman–Crippen MR) is 148 cm³/mol. The Morgan fingerprint density at radius 2 is 1.62 bits per heavy atom. The normalized spacial score (nSPS) is 31.6. The number of carboxylic acid groups (broad SMARTS) is 1. The van der Waals surface area contributed by atoms with E-state index in [1.165, 1.54) is 51.4 Å². The number of carbonyl (C=O) groups is 1. The maximum Gasteiger partial charge on any atom is 0.360 e. The van der Waals surface area contributed by atoms with Gasteiger partial charge >= 0.3 is 5.97 Å². The Kier molecular flexibility index (Phi) is 7.71. The second-order valence-electron chi connectivity index (χ2n) is 12.1. The largest absolute Gasteiger partial charge is 0.476 e. The molecule has 2 N–H and O–H groups in total. The first-order chi connectivity index (χ1) is 19.0. The van der Waals surface area contributed by atoms with Gasteiger partial charge in [0, 0.05) is 24.2 Å². The number of aliphatic hydroxyl groups is 1. The summed E-state index contributed by atoms with van der Waals surface area (Å²) in [4.78, 5) is 38.3. The zero-order valence-electron chi connectivity index (χ0n) is 22.6. The molecule has 6 atom stereocenters. The molecule has 2 aliphatic heterocycles. The number of hydrogen-bond acceptors (Lipinski definition) is 7. The van der Waals surface area contributed by atoms with E-state index in [0.29, 0.717) is 23.6 Å². The van der Waals surface area contributed by atoms with Crippen molar-refractivity contribution in [2.45, 2.75) is 101 Å². The first kappa shape index (κ1) is 26.4. The lowest BCUT2D eigenvalue weighted by Gasteiger charge is -2.54. The van der Waals surface area contributed by atoms with Gasteiger partial charge in [0.25, 0.3) is 5.56 Å². The van der Waals surface area contributed by atoms with Crippen LogP contribution < -0.4 is 5.56 Å². The van der Waals surface area contributed by atoms with E-state index in [9.17, 15) is 14.7 Å². The molecule has 2 unspecified atom stereocenters. The van der Waals surface area contributed by atoms with Crippen molar-refractivity contribution in [1.29, 1.82) is 0 Å². The van der Waals surface area contributed by atoms with E-state index in [1.807, 2.05) is 24.3 Å². The Labute approximate surface area is 228 Å². The maximum atomic E-state index is 14.0. The third-order valence-electron chi connectivity index (χ3n) is 9.71. The number of hydrogen-bond donors (Lipinski definition) is 2. The molecule has 1 aromatic carbocycles. The van der Waals surface area contributed by atoms with E-state index in [1.54, 1.807) is 4.57 Å². The van der Waals surface area contributed by atoms with Crippen LogP contribution in [0, 0.1) is 11.8 Å². The van der Waals surface area contributed by atoms with Gasteiger partial charge in [0.15, 0.2) is 5.69 Å². The molecule has 4 aliphatic rings. The number of aromatic nitrogens is 2. The van der Waals surface area contributed by atoms with Gasteiger partial charge in [-0.05, 0) is 68.9 Å². The molecule has 4 bridgehead atoms. The number of oxime groups is 1. The summed E-state index contributed by atoms with van der Waals surface area (Å²) >= 11 is 0. The van der Waals surface area contributed by atoms with Gasteiger partial charge in [0.1, 0.15) is 6.61 Å². The highest BCUT2D eigenvalue weighted by atomic mass is 16.6. The van der Waals surface area contributed by atoms with Crippen LogP contribution in [0.1, 0.15) is 88.8 Å². The van der Waals surface area contributed by atoms with Crippen molar-refractivity contribution in [3.8, 4) is 0 Å². The molecule has 2 aromatic rings. The van der Waals surface area contributed by atoms with Gasteiger partial charge in [-0.25, -0.2) is 9.78 Å². The van der Waals surface area contributed by atoms with E-state index in [2.05, 4.69) is 15.0 Å². The summed E-state index contributed by atoms with van der Waals surface area (Å²) in [7, 11) is 0. The SMILES string of the molecule is O=C(O)C(=NOCCO)c1nc2ccccc2n(C2C[C@H]3CCC[C@@H](C2)N3C2C[C@H]3CCCC[C@@H](C2)C3)c1=O. The molecule has 1 aromatic heterocycles. The van der Waals surface area contributed by atoms with Gasteiger partial charge in [-0.2, -0.15) is 0 Å². The fourth-order valence-electron chi connectivity index (χ4n) is 8.31. The summed E-state index contributed by atoms with van der Waals surface area (Å²) < 4.78 is 1.80. The van der Waals surface area contributed by atoms with Crippen LogP contribution in [0.3, 0.4) is 0 Å². The first-order valence-electron chi connectivity index (χ1n) is 14.9.